The van der Waals surface area contributed by atoms with Crippen LogP contribution >= 0.6 is 11.8 Å². The highest BCUT2D eigenvalue weighted by Crippen LogP contribution is 2.23. The number of hydrogen-bond acceptors (Lipinski definition) is 3. The van der Waals surface area contributed by atoms with Crippen molar-refractivity contribution in [3.8, 4) is 0 Å². The summed E-state index contributed by atoms with van der Waals surface area (Å²) >= 11 is 1.96. The highest BCUT2D eigenvalue weighted by atomic mass is 32.2. The zero-order valence-electron chi connectivity index (χ0n) is 11.3. The van der Waals surface area contributed by atoms with E-state index >= 15 is 0 Å². The Kier molecular flexibility index (Phi) is 3.80. The summed E-state index contributed by atoms with van der Waals surface area (Å²) < 4.78 is 0. The summed E-state index contributed by atoms with van der Waals surface area (Å²) in [6.07, 6.45) is 0.968. The molecule has 0 radical (unpaired) electrons. The molecule has 1 amide bonds. The third-order valence-corrected chi connectivity index (χ3v) is 5.04. The van der Waals surface area contributed by atoms with Gasteiger partial charge in [-0.1, -0.05) is 19.1 Å². The monoisotopic (exact) mass is 276 g/mol. The molecule has 1 aromatic carbocycles. The normalized spacial score (nSPS) is 23.0. The Morgan fingerprint density at radius 1 is 1.47 bits per heavy atom. The van der Waals surface area contributed by atoms with Gasteiger partial charge >= 0.3 is 0 Å². The number of rotatable bonds is 1. The van der Waals surface area contributed by atoms with E-state index in [4.69, 9.17) is 0 Å². The maximum absolute atomic E-state index is 12.7. The van der Waals surface area contributed by atoms with Gasteiger partial charge in [0, 0.05) is 36.2 Å². The molecule has 0 aliphatic carbocycles. The van der Waals surface area contributed by atoms with Crippen LogP contribution in [0.5, 0.6) is 0 Å². The summed E-state index contributed by atoms with van der Waals surface area (Å²) in [6.45, 7) is 5.84. The number of nitrogens with zero attached hydrogens (tertiary/aromatic N) is 1. The maximum atomic E-state index is 12.7. The number of amides is 1. The number of fused-ring (bicyclic) bond motifs is 1. The highest BCUT2D eigenvalue weighted by molar-refractivity contribution is 7.99. The molecule has 1 N–H and O–H groups in total. The van der Waals surface area contributed by atoms with E-state index < -0.39 is 0 Å². The van der Waals surface area contributed by atoms with Gasteiger partial charge < -0.3 is 10.2 Å². The van der Waals surface area contributed by atoms with E-state index in [9.17, 15) is 4.79 Å². The summed E-state index contributed by atoms with van der Waals surface area (Å²) in [6, 6.07) is 6.15. The molecule has 0 spiro atoms. The van der Waals surface area contributed by atoms with Crippen molar-refractivity contribution >= 4 is 17.7 Å². The number of hydrogen-bond donors (Lipinski definition) is 1. The SMILES string of the molecule is CC1CN(C(=O)c2cccc3c2CCNC3)CCS1. The van der Waals surface area contributed by atoms with Crippen LogP contribution in [0.1, 0.15) is 28.4 Å². The van der Waals surface area contributed by atoms with Gasteiger partial charge in [-0.3, -0.25) is 4.79 Å². The Hall–Kier alpha value is -1.00. The lowest BCUT2D eigenvalue weighted by atomic mass is 9.94. The molecule has 4 heteroatoms. The van der Waals surface area contributed by atoms with E-state index in [1.54, 1.807) is 0 Å². The number of benzene rings is 1. The topological polar surface area (TPSA) is 32.3 Å². The van der Waals surface area contributed by atoms with Crippen LogP contribution in [-0.2, 0) is 13.0 Å². The van der Waals surface area contributed by atoms with Gasteiger partial charge in [0.15, 0.2) is 0 Å². The smallest absolute Gasteiger partial charge is 0.254 e. The number of carbonyl (C=O) groups excluding carboxylic acids is 1. The Labute approximate surface area is 118 Å². The first-order chi connectivity index (χ1) is 9.25. The van der Waals surface area contributed by atoms with Crippen LogP contribution in [0.3, 0.4) is 0 Å². The maximum Gasteiger partial charge on any atom is 0.254 e. The second-order valence-electron chi connectivity index (χ2n) is 5.30. The summed E-state index contributed by atoms with van der Waals surface area (Å²) in [5, 5.41) is 3.92. The highest BCUT2D eigenvalue weighted by Gasteiger charge is 2.25. The van der Waals surface area contributed by atoms with Gasteiger partial charge in [0.05, 0.1) is 0 Å². The molecular weight excluding hydrogens is 256 g/mol. The molecule has 19 heavy (non-hydrogen) atoms. The first-order valence-electron chi connectivity index (χ1n) is 6.98. The van der Waals surface area contributed by atoms with Crippen LogP contribution in [0.25, 0.3) is 0 Å². The molecule has 3 nitrogen and oxygen atoms in total. The first kappa shape index (κ1) is 13.0. The molecular formula is C15H20N2OS. The third kappa shape index (κ3) is 2.65. The Bertz CT molecular complexity index is 489. The minimum Gasteiger partial charge on any atom is -0.337 e. The van der Waals surface area contributed by atoms with Crippen molar-refractivity contribution in [2.24, 2.45) is 0 Å². The first-order valence-corrected chi connectivity index (χ1v) is 8.03. The average Bonchev–Trinajstić information content (AvgIpc) is 2.46. The van der Waals surface area contributed by atoms with Crippen LogP contribution in [-0.4, -0.2) is 41.4 Å². The van der Waals surface area contributed by atoms with Crippen LogP contribution in [0.15, 0.2) is 18.2 Å². The van der Waals surface area contributed by atoms with E-state index in [2.05, 4.69) is 18.3 Å². The van der Waals surface area contributed by atoms with E-state index in [1.807, 2.05) is 28.8 Å². The van der Waals surface area contributed by atoms with Crippen molar-refractivity contribution < 1.29 is 4.79 Å². The van der Waals surface area contributed by atoms with Gasteiger partial charge in [0.1, 0.15) is 0 Å². The molecule has 2 heterocycles. The summed E-state index contributed by atoms with van der Waals surface area (Å²) in [5.41, 5.74) is 3.48. The minimum absolute atomic E-state index is 0.228. The van der Waals surface area contributed by atoms with Gasteiger partial charge in [-0.05, 0) is 30.2 Å². The van der Waals surface area contributed by atoms with Crippen molar-refractivity contribution in [2.45, 2.75) is 25.1 Å². The zero-order valence-corrected chi connectivity index (χ0v) is 12.1. The van der Waals surface area contributed by atoms with Gasteiger partial charge in [0.2, 0.25) is 0 Å². The molecule has 1 unspecified atom stereocenters. The van der Waals surface area contributed by atoms with Crippen LogP contribution in [0.4, 0.5) is 0 Å². The van der Waals surface area contributed by atoms with E-state index in [-0.39, 0.29) is 5.91 Å². The van der Waals surface area contributed by atoms with Gasteiger partial charge in [-0.25, -0.2) is 0 Å². The van der Waals surface area contributed by atoms with Crippen molar-refractivity contribution in [3.63, 3.8) is 0 Å². The standard InChI is InChI=1S/C15H20N2OS/c1-11-10-17(7-8-19-11)15(18)14-4-2-3-12-9-16-6-5-13(12)14/h2-4,11,16H,5-10H2,1H3. The average molecular weight is 276 g/mol. The quantitative estimate of drug-likeness (QED) is 0.850. The molecule has 102 valence electrons. The van der Waals surface area contributed by atoms with E-state index in [0.717, 1.165) is 43.9 Å². The molecule has 2 aliphatic rings. The van der Waals surface area contributed by atoms with Crippen LogP contribution in [0, 0.1) is 0 Å². The summed E-state index contributed by atoms with van der Waals surface area (Å²) in [5.74, 6) is 1.29. The fourth-order valence-corrected chi connectivity index (χ4v) is 3.92. The molecule has 1 atom stereocenters. The van der Waals surface area contributed by atoms with Gasteiger partial charge in [0.25, 0.3) is 5.91 Å². The lowest BCUT2D eigenvalue weighted by Crippen LogP contribution is -2.41. The molecule has 1 fully saturated rings. The minimum atomic E-state index is 0.228. The summed E-state index contributed by atoms with van der Waals surface area (Å²) in [4.78, 5) is 14.7. The molecule has 0 aromatic heterocycles. The predicted molar refractivity (Wildman–Crippen MR) is 79.7 cm³/mol. The van der Waals surface area contributed by atoms with Crippen molar-refractivity contribution in [1.82, 2.24) is 10.2 Å². The largest absolute Gasteiger partial charge is 0.337 e. The predicted octanol–water partition coefficient (Wildman–Crippen LogP) is 1.91. The lowest BCUT2D eigenvalue weighted by Gasteiger charge is -2.32. The van der Waals surface area contributed by atoms with E-state index in [1.165, 1.54) is 11.1 Å². The number of nitrogens with one attached hydrogen (secondary N) is 1. The Balaban J connectivity index is 1.87. The van der Waals surface area contributed by atoms with Crippen molar-refractivity contribution in [2.75, 3.05) is 25.4 Å². The van der Waals surface area contributed by atoms with Crippen LogP contribution < -0.4 is 5.32 Å². The van der Waals surface area contributed by atoms with Gasteiger partial charge in [-0.15, -0.1) is 0 Å². The molecule has 1 aromatic rings. The summed E-state index contributed by atoms with van der Waals surface area (Å²) in [7, 11) is 0. The number of thioether (sulfide) groups is 1. The second-order valence-corrected chi connectivity index (χ2v) is 6.85. The zero-order chi connectivity index (χ0) is 13.2. The van der Waals surface area contributed by atoms with Crippen molar-refractivity contribution in [3.05, 3.63) is 34.9 Å². The molecule has 0 bridgehead atoms. The van der Waals surface area contributed by atoms with E-state index in [0.29, 0.717) is 5.25 Å². The van der Waals surface area contributed by atoms with Gasteiger partial charge in [-0.2, -0.15) is 11.8 Å². The number of carbonyl (C=O) groups is 1. The molecule has 2 aliphatic heterocycles. The lowest BCUT2D eigenvalue weighted by molar-refractivity contribution is 0.0761. The Morgan fingerprint density at radius 2 is 2.37 bits per heavy atom. The molecule has 1 saturated heterocycles. The fourth-order valence-electron chi connectivity index (χ4n) is 2.91. The third-order valence-electron chi connectivity index (χ3n) is 3.90. The fraction of sp³-hybridized carbons (Fsp3) is 0.533. The van der Waals surface area contributed by atoms with Crippen molar-refractivity contribution in [1.29, 1.82) is 0 Å². The van der Waals surface area contributed by atoms with Crippen LogP contribution in [0.2, 0.25) is 0 Å². The Morgan fingerprint density at radius 3 is 3.21 bits per heavy atom. The molecule has 3 rings (SSSR count). The molecule has 0 saturated carbocycles. The second kappa shape index (κ2) is 5.55.